The van der Waals surface area contributed by atoms with Crippen LogP contribution >= 0.6 is 0 Å². The number of nitrogens with one attached hydrogen (secondary N) is 1. The lowest BCUT2D eigenvalue weighted by Crippen LogP contribution is -2.37. The molecular weight excluding hydrogens is 228 g/mol. The molecule has 2 fully saturated rings. The molecule has 2 rings (SSSR count). The summed E-state index contributed by atoms with van der Waals surface area (Å²) >= 11 is 0. The highest BCUT2D eigenvalue weighted by molar-refractivity contribution is 5.76. The normalized spacial score (nSPS) is 31.8. The first kappa shape index (κ1) is 13.4. The lowest BCUT2D eigenvalue weighted by Gasteiger charge is -2.22. The van der Waals surface area contributed by atoms with E-state index in [0.29, 0.717) is 6.42 Å². The van der Waals surface area contributed by atoms with Gasteiger partial charge in [0.2, 0.25) is 5.91 Å². The zero-order chi connectivity index (χ0) is 12.8. The second kappa shape index (κ2) is 6.75. The Hall–Kier alpha value is -1.08. The molecule has 0 aromatic rings. The summed E-state index contributed by atoms with van der Waals surface area (Å²) < 4.78 is 5.61. The Labute approximate surface area is 109 Å². The van der Waals surface area contributed by atoms with Crippen molar-refractivity contribution in [3.8, 4) is 6.07 Å². The van der Waals surface area contributed by atoms with Gasteiger partial charge in [-0.2, -0.15) is 5.26 Å². The van der Waals surface area contributed by atoms with Crippen molar-refractivity contribution in [3.05, 3.63) is 0 Å². The van der Waals surface area contributed by atoms with E-state index in [1.165, 1.54) is 6.42 Å². The number of amides is 1. The zero-order valence-electron chi connectivity index (χ0n) is 10.9. The van der Waals surface area contributed by atoms with Crippen molar-refractivity contribution >= 4 is 5.91 Å². The van der Waals surface area contributed by atoms with Crippen LogP contribution in [0.15, 0.2) is 0 Å². The fourth-order valence-corrected chi connectivity index (χ4v) is 2.89. The summed E-state index contributed by atoms with van der Waals surface area (Å²) in [6.07, 6.45) is 7.97. The summed E-state index contributed by atoms with van der Waals surface area (Å²) in [6.45, 7) is 0.839. The van der Waals surface area contributed by atoms with Crippen LogP contribution in [-0.4, -0.2) is 24.7 Å². The molecule has 3 unspecified atom stereocenters. The summed E-state index contributed by atoms with van der Waals surface area (Å²) in [7, 11) is 0. The molecule has 1 saturated heterocycles. The van der Waals surface area contributed by atoms with Crippen LogP contribution in [0.1, 0.15) is 51.4 Å². The molecule has 0 aromatic heterocycles. The van der Waals surface area contributed by atoms with Gasteiger partial charge in [-0.3, -0.25) is 4.79 Å². The predicted octanol–water partition coefficient (Wildman–Crippen LogP) is 2.14. The molecule has 1 amide bonds. The van der Waals surface area contributed by atoms with Gasteiger partial charge in [-0.05, 0) is 44.9 Å². The Bertz CT molecular complexity index is 318. The molecule has 4 heteroatoms. The molecular formula is C14H22N2O2. The average Bonchev–Trinajstić information content (AvgIpc) is 2.85. The van der Waals surface area contributed by atoms with E-state index >= 15 is 0 Å². The van der Waals surface area contributed by atoms with Gasteiger partial charge in [0.15, 0.2) is 0 Å². The van der Waals surface area contributed by atoms with Gasteiger partial charge in [-0.15, -0.1) is 0 Å². The molecule has 100 valence electrons. The van der Waals surface area contributed by atoms with Crippen molar-refractivity contribution in [1.29, 1.82) is 5.26 Å². The minimum absolute atomic E-state index is 0.0138. The lowest BCUT2D eigenvalue weighted by molar-refractivity contribution is -0.122. The smallest absolute Gasteiger partial charge is 0.220 e. The van der Waals surface area contributed by atoms with E-state index in [1.807, 2.05) is 0 Å². The third-order valence-corrected chi connectivity index (χ3v) is 4.00. The highest BCUT2D eigenvalue weighted by Gasteiger charge is 2.28. The minimum atomic E-state index is 0.0138. The number of nitriles is 1. The van der Waals surface area contributed by atoms with Gasteiger partial charge in [-0.1, -0.05) is 0 Å². The first-order chi connectivity index (χ1) is 8.79. The Morgan fingerprint density at radius 1 is 1.28 bits per heavy atom. The topological polar surface area (TPSA) is 62.1 Å². The first-order valence-electron chi connectivity index (χ1n) is 7.10. The largest absolute Gasteiger partial charge is 0.378 e. The van der Waals surface area contributed by atoms with Crippen LogP contribution in [-0.2, 0) is 9.53 Å². The molecule has 0 spiro atoms. The number of hydrogen-bond acceptors (Lipinski definition) is 3. The van der Waals surface area contributed by atoms with Gasteiger partial charge >= 0.3 is 0 Å². The molecule has 1 saturated carbocycles. The van der Waals surface area contributed by atoms with Crippen molar-refractivity contribution < 1.29 is 9.53 Å². The van der Waals surface area contributed by atoms with Crippen LogP contribution in [0.4, 0.5) is 0 Å². The molecule has 0 radical (unpaired) electrons. The number of carbonyl (C=O) groups excluding carboxylic acids is 1. The quantitative estimate of drug-likeness (QED) is 0.831. The summed E-state index contributed by atoms with van der Waals surface area (Å²) in [4.78, 5) is 11.8. The number of nitrogens with zero attached hydrogens (tertiary/aromatic N) is 1. The Kier molecular flexibility index (Phi) is 5.00. The van der Waals surface area contributed by atoms with E-state index < -0.39 is 0 Å². The molecule has 2 aliphatic rings. The van der Waals surface area contributed by atoms with Crippen molar-refractivity contribution in [2.75, 3.05) is 6.61 Å². The van der Waals surface area contributed by atoms with Crippen LogP contribution < -0.4 is 5.32 Å². The molecule has 18 heavy (non-hydrogen) atoms. The van der Waals surface area contributed by atoms with Crippen LogP contribution in [0.3, 0.4) is 0 Å². The van der Waals surface area contributed by atoms with Crippen LogP contribution in [0.5, 0.6) is 0 Å². The maximum Gasteiger partial charge on any atom is 0.220 e. The first-order valence-corrected chi connectivity index (χ1v) is 7.10. The van der Waals surface area contributed by atoms with Crippen molar-refractivity contribution in [2.24, 2.45) is 5.92 Å². The molecule has 4 nitrogen and oxygen atoms in total. The zero-order valence-corrected chi connectivity index (χ0v) is 10.9. The van der Waals surface area contributed by atoms with Gasteiger partial charge in [0.05, 0.1) is 18.1 Å². The van der Waals surface area contributed by atoms with Crippen LogP contribution in [0.2, 0.25) is 0 Å². The number of rotatable bonds is 4. The fourth-order valence-electron chi connectivity index (χ4n) is 2.89. The highest BCUT2D eigenvalue weighted by Crippen LogP contribution is 2.25. The van der Waals surface area contributed by atoms with Gasteiger partial charge in [0.25, 0.3) is 0 Å². The number of hydrogen-bond donors (Lipinski definition) is 1. The van der Waals surface area contributed by atoms with E-state index in [-0.39, 0.29) is 24.0 Å². The molecule has 1 N–H and O–H groups in total. The van der Waals surface area contributed by atoms with Crippen LogP contribution in [0, 0.1) is 17.2 Å². The fraction of sp³-hybridized carbons (Fsp3) is 0.857. The minimum Gasteiger partial charge on any atom is -0.378 e. The molecule has 3 atom stereocenters. The molecule has 0 aromatic carbocycles. The highest BCUT2D eigenvalue weighted by atomic mass is 16.5. The molecule has 1 heterocycles. The third-order valence-electron chi connectivity index (χ3n) is 4.00. The van der Waals surface area contributed by atoms with E-state index in [9.17, 15) is 4.79 Å². The molecule has 1 aliphatic carbocycles. The monoisotopic (exact) mass is 250 g/mol. The van der Waals surface area contributed by atoms with Gasteiger partial charge in [0, 0.05) is 19.1 Å². The average molecular weight is 250 g/mol. The summed E-state index contributed by atoms with van der Waals surface area (Å²) in [5, 5.41) is 12.0. The van der Waals surface area contributed by atoms with Crippen LogP contribution in [0.25, 0.3) is 0 Å². The molecule has 1 aliphatic heterocycles. The van der Waals surface area contributed by atoms with E-state index in [2.05, 4.69) is 11.4 Å². The number of ether oxygens (including phenoxy) is 1. The van der Waals surface area contributed by atoms with Gasteiger partial charge < -0.3 is 10.1 Å². The van der Waals surface area contributed by atoms with E-state index in [0.717, 1.165) is 45.1 Å². The van der Waals surface area contributed by atoms with Crippen molar-refractivity contribution in [1.82, 2.24) is 5.32 Å². The summed E-state index contributed by atoms with van der Waals surface area (Å²) in [5.41, 5.74) is 0. The van der Waals surface area contributed by atoms with Crippen molar-refractivity contribution in [2.45, 2.75) is 63.5 Å². The maximum absolute atomic E-state index is 11.8. The SMILES string of the molecule is N#CC1CCCC1NC(=O)CCC1CCCCO1. The molecule has 0 bridgehead atoms. The maximum atomic E-state index is 11.8. The Morgan fingerprint density at radius 2 is 2.17 bits per heavy atom. The Morgan fingerprint density at radius 3 is 2.89 bits per heavy atom. The number of carbonyl (C=O) groups is 1. The summed E-state index contributed by atoms with van der Waals surface area (Å²) in [6, 6.07) is 2.36. The second-order valence-corrected chi connectivity index (χ2v) is 5.37. The van der Waals surface area contributed by atoms with Gasteiger partial charge in [-0.25, -0.2) is 0 Å². The van der Waals surface area contributed by atoms with E-state index in [4.69, 9.17) is 10.00 Å². The van der Waals surface area contributed by atoms with E-state index in [1.54, 1.807) is 0 Å². The van der Waals surface area contributed by atoms with Gasteiger partial charge in [0.1, 0.15) is 0 Å². The predicted molar refractivity (Wildman–Crippen MR) is 67.7 cm³/mol. The third kappa shape index (κ3) is 3.71. The Balaban J connectivity index is 1.67. The standard InChI is InChI=1S/C14H22N2O2/c15-10-11-4-3-6-13(11)16-14(17)8-7-12-5-1-2-9-18-12/h11-13H,1-9H2,(H,16,17). The summed E-state index contributed by atoms with van der Waals surface area (Å²) in [5.74, 6) is 0.0937. The lowest BCUT2D eigenvalue weighted by atomic mass is 10.0. The van der Waals surface area contributed by atoms with Crippen molar-refractivity contribution in [3.63, 3.8) is 0 Å². The second-order valence-electron chi connectivity index (χ2n) is 5.37.